The number of nitrogens with zero attached hydrogens (tertiary/aromatic N) is 1. The van der Waals surface area contributed by atoms with Crippen LogP contribution in [0.3, 0.4) is 0 Å². The van der Waals surface area contributed by atoms with Gasteiger partial charge in [0, 0.05) is 26.3 Å². The summed E-state index contributed by atoms with van der Waals surface area (Å²) in [6.45, 7) is 4.92. The van der Waals surface area contributed by atoms with Crippen LogP contribution in [-0.2, 0) is 11.3 Å². The highest BCUT2D eigenvalue weighted by Gasteiger charge is 2.13. The van der Waals surface area contributed by atoms with E-state index in [1.165, 1.54) is 4.57 Å². The topological polar surface area (TPSA) is 102 Å². The fourth-order valence-electron chi connectivity index (χ4n) is 1.79. The van der Waals surface area contributed by atoms with Crippen molar-refractivity contribution in [2.24, 2.45) is 0 Å². The third-order valence-corrected chi connectivity index (χ3v) is 2.83. The van der Waals surface area contributed by atoms with E-state index in [9.17, 15) is 9.59 Å². The number of ether oxygens (including phenoxy) is 1. The van der Waals surface area contributed by atoms with E-state index < -0.39 is 11.2 Å². The molecule has 4 N–H and O–H groups in total. The molecule has 0 fully saturated rings. The molecule has 1 heterocycles. The SMILES string of the molecule is CCCn1c(N)c(NC(C)CCOC)c(=O)[nH]c1=O. The molecule has 0 aliphatic heterocycles. The maximum Gasteiger partial charge on any atom is 0.330 e. The number of H-pyrrole nitrogens is 1. The monoisotopic (exact) mass is 270 g/mol. The summed E-state index contributed by atoms with van der Waals surface area (Å²) >= 11 is 0. The number of hydrogen-bond acceptors (Lipinski definition) is 5. The van der Waals surface area contributed by atoms with Crippen LogP contribution in [0, 0.1) is 0 Å². The van der Waals surface area contributed by atoms with Crippen LogP contribution >= 0.6 is 0 Å². The number of hydrogen-bond donors (Lipinski definition) is 3. The number of rotatable bonds is 7. The summed E-state index contributed by atoms with van der Waals surface area (Å²) in [6, 6.07) is 0.0240. The molecule has 0 saturated carbocycles. The lowest BCUT2D eigenvalue weighted by Crippen LogP contribution is -2.35. The van der Waals surface area contributed by atoms with E-state index in [1.54, 1.807) is 7.11 Å². The Hall–Kier alpha value is -1.76. The standard InChI is InChI=1S/C12H22N4O3/c1-4-6-16-10(13)9(11(17)15-12(16)18)14-8(2)5-7-19-3/h8,14H,4-7,13H2,1-3H3,(H,15,17,18). The molecule has 0 bridgehead atoms. The lowest BCUT2D eigenvalue weighted by molar-refractivity contribution is 0.191. The molecule has 0 spiro atoms. The molecule has 1 aromatic rings. The highest BCUT2D eigenvalue weighted by molar-refractivity contribution is 5.60. The number of methoxy groups -OCH3 is 1. The number of nitrogens with one attached hydrogen (secondary N) is 2. The third kappa shape index (κ3) is 3.85. The Morgan fingerprint density at radius 1 is 1.47 bits per heavy atom. The molecule has 1 unspecified atom stereocenters. The largest absolute Gasteiger partial charge is 0.385 e. The van der Waals surface area contributed by atoms with E-state index in [1.807, 2.05) is 13.8 Å². The van der Waals surface area contributed by atoms with Crippen molar-refractivity contribution < 1.29 is 4.74 Å². The average molecular weight is 270 g/mol. The number of nitrogens with two attached hydrogens (primary N) is 1. The van der Waals surface area contributed by atoms with E-state index in [-0.39, 0.29) is 17.5 Å². The van der Waals surface area contributed by atoms with Crippen molar-refractivity contribution in [2.75, 3.05) is 24.8 Å². The Balaban J connectivity index is 3.03. The fourth-order valence-corrected chi connectivity index (χ4v) is 1.79. The predicted octanol–water partition coefficient (Wildman–Crippen LogP) is 0.366. The van der Waals surface area contributed by atoms with Crippen LogP contribution in [0.15, 0.2) is 9.59 Å². The molecular weight excluding hydrogens is 248 g/mol. The summed E-state index contributed by atoms with van der Waals surface area (Å²) in [5.74, 6) is 0.180. The van der Waals surface area contributed by atoms with Gasteiger partial charge in [-0.3, -0.25) is 14.3 Å². The van der Waals surface area contributed by atoms with Crippen molar-refractivity contribution in [3.63, 3.8) is 0 Å². The van der Waals surface area contributed by atoms with Gasteiger partial charge in [0.25, 0.3) is 5.56 Å². The minimum absolute atomic E-state index is 0.0240. The minimum atomic E-state index is -0.487. The van der Waals surface area contributed by atoms with Crippen LogP contribution in [0.4, 0.5) is 11.5 Å². The zero-order chi connectivity index (χ0) is 14.4. The molecule has 1 atom stereocenters. The van der Waals surface area contributed by atoms with E-state index in [0.29, 0.717) is 13.2 Å². The number of anilines is 2. The maximum atomic E-state index is 11.8. The zero-order valence-electron chi connectivity index (χ0n) is 11.7. The first-order chi connectivity index (χ1) is 9.01. The molecule has 0 aliphatic carbocycles. The molecule has 108 valence electrons. The molecule has 0 aromatic carbocycles. The van der Waals surface area contributed by atoms with Gasteiger partial charge in [-0.1, -0.05) is 6.92 Å². The van der Waals surface area contributed by atoms with E-state index in [4.69, 9.17) is 10.5 Å². The third-order valence-electron chi connectivity index (χ3n) is 2.83. The summed E-state index contributed by atoms with van der Waals surface area (Å²) in [5, 5.41) is 3.03. The molecular formula is C12H22N4O3. The van der Waals surface area contributed by atoms with Crippen LogP contribution < -0.4 is 22.3 Å². The van der Waals surface area contributed by atoms with Crippen molar-refractivity contribution in [3.8, 4) is 0 Å². The van der Waals surface area contributed by atoms with Crippen molar-refractivity contribution in [2.45, 2.75) is 39.3 Å². The predicted molar refractivity (Wildman–Crippen MR) is 75.6 cm³/mol. The lowest BCUT2D eigenvalue weighted by atomic mass is 10.2. The van der Waals surface area contributed by atoms with Gasteiger partial charge in [-0.05, 0) is 19.8 Å². The second kappa shape index (κ2) is 6.98. The van der Waals surface area contributed by atoms with Gasteiger partial charge in [0.2, 0.25) is 0 Å². The number of aromatic nitrogens is 2. The minimum Gasteiger partial charge on any atom is -0.385 e. The molecule has 7 heteroatoms. The highest BCUT2D eigenvalue weighted by atomic mass is 16.5. The van der Waals surface area contributed by atoms with E-state index in [0.717, 1.165) is 12.8 Å². The van der Waals surface area contributed by atoms with Crippen molar-refractivity contribution >= 4 is 11.5 Å². The van der Waals surface area contributed by atoms with Gasteiger partial charge in [-0.2, -0.15) is 0 Å². The second-order valence-corrected chi connectivity index (χ2v) is 4.50. The Bertz CT molecular complexity index is 521. The van der Waals surface area contributed by atoms with Crippen molar-refractivity contribution in [1.29, 1.82) is 0 Å². The Kier molecular flexibility index (Phi) is 5.62. The number of aromatic amines is 1. The van der Waals surface area contributed by atoms with Crippen LogP contribution in [-0.4, -0.2) is 29.3 Å². The number of nitrogen functional groups attached to an aromatic ring is 1. The second-order valence-electron chi connectivity index (χ2n) is 4.50. The van der Waals surface area contributed by atoms with Crippen molar-refractivity contribution in [3.05, 3.63) is 20.8 Å². The van der Waals surface area contributed by atoms with Gasteiger partial charge in [0.1, 0.15) is 11.5 Å². The van der Waals surface area contributed by atoms with E-state index >= 15 is 0 Å². The molecule has 1 rings (SSSR count). The Labute approximate surface area is 111 Å². The summed E-state index contributed by atoms with van der Waals surface area (Å²) in [4.78, 5) is 25.7. The molecule has 0 saturated heterocycles. The first-order valence-electron chi connectivity index (χ1n) is 6.39. The Morgan fingerprint density at radius 2 is 2.16 bits per heavy atom. The zero-order valence-corrected chi connectivity index (χ0v) is 11.7. The molecule has 7 nitrogen and oxygen atoms in total. The van der Waals surface area contributed by atoms with Crippen molar-refractivity contribution in [1.82, 2.24) is 9.55 Å². The quantitative estimate of drug-likeness (QED) is 0.664. The summed E-state index contributed by atoms with van der Waals surface area (Å²) in [5.41, 5.74) is 5.18. The summed E-state index contributed by atoms with van der Waals surface area (Å²) in [6.07, 6.45) is 1.50. The fraction of sp³-hybridized carbons (Fsp3) is 0.667. The van der Waals surface area contributed by atoms with Gasteiger partial charge >= 0.3 is 5.69 Å². The van der Waals surface area contributed by atoms with Crippen LogP contribution in [0.2, 0.25) is 0 Å². The maximum absolute atomic E-state index is 11.8. The summed E-state index contributed by atoms with van der Waals surface area (Å²) < 4.78 is 6.35. The normalized spacial score (nSPS) is 12.4. The van der Waals surface area contributed by atoms with Gasteiger partial charge in [-0.15, -0.1) is 0 Å². The van der Waals surface area contributed by atoms with Gasteiger partial charge < -0.3 is 15.8 Å². The van der Waals surface area contributed by atoms with Crippen LogP contribution in [0.1, 0.15) is 26.7 Å². The average Bonchev–Trinajstić information content (AvgIpc) is 2.37. The molecule has 0 aliphatic rings. The summed E-state index contributed by atoms with van der Waals surface area (Å²) in [7, 11) is 1.62. The first kappa shape index (κ1) is 15.3. The van der Waals surface area contributed by atoms with Gasteiger partial charge in [0.05, 0.1) is 0 Å². The van der Waals surface area contributed by atoms with Crippen LogP contribution in [0.25, 0.3) is 0 Å². The molecule has 0 radical (unpaired) electrons. The highest BCUT2D eigenvalue weighted by Crippen LogP contribution is 2.12. The van der Waals surface area contributed by atoms with Gasteiger partial charge in [0.15, 0.2) is 0 Å². The Morgan fingerprint density at radius 3 is 2.74 bits per heavy atom. The molecule has 19 heavy (non-hydrogen) atoms. The van der Waals surface area contributed by atoms with Gasteiger partial charge in [-0.25, -0.2) is 4.79 Å². The van der Waals surface area contributed by atoms with Crippen LogP contribution in [0.5, 0.6) is 0 Å². The smallest absolute Gasteiger partial charge is 0.330 e. The molecule has 1 aromatic heterocycles. The lowest BCUT2D eigenvalue weighted by Gasteiger charge is -2.17. The van der Waals surface area contributed by atoms with E-state index in [2.05, 4.69) is 10.3 Å². The molecule has 0 amide bonds. The first-order valence-corrected chi connectivity index (χ1v) is 6.39.